The number of hydrazine groups is 1. The number of anilines is 1. The lowest BCUT2D eigenvalue weighted by atomic mass is 10.3. The predicted octanol–water partition coefficient (Wildman–Crippen LogP) is 0.0428. The minimum atomic E-state index is -3.80. The van der Waals surface area contributed by atoms with Gasteiger partial charge in [0.05, 0.1) is 19.2 Å². The molecular weight excluding hydrogens is 350 g/mol. The first-order chi connectivity index (χ1) is 9.48. The second-order valence-electron chi connectivity index (χ2n) is 4.00. The molecule has 1 aliphatic heterocycles. The average Bonchev–Trinajstić information content (AvgIpc) is 2.47. The van der Waals surface area contributed by atoms with Gasteiger partial charge < -0.3 is 10.2 Å². The van der Waals surface area contributed by atoms with Gasteiger partial charge in [0, 0.05) is 17.2 Å². The summed E-state index contributed by atoms with van der Waals surface area (Å²) >= 11 is 3.18. The van der Waals surface area contributed by atoms with Gasteiger partial charge in [0.25, 0.3) is 0 Å². The number of hydrogen-bond acceptors (Lipinski definition) is 7. The summed E-state index contributed by atoms with van der Waals surface area (Å²) < 4.78 is 32.0. The summed E-state index contributed by atoms with van der Waals surface area (Å²) in [5.41, 5.74) is 2.26. The van der Waals surface area contributed by atoms with Crippen molar-refractivity contribution in [3.05, 3.63) is 16.7 Å². The predicted molar refractivity (Wildman–Crippen MR) is 73.9 cm³/mol. The van der Waals surface area contributed by atoms with E-state index in [0.717, 1.165) is 0 Å². The Morgan fingerprint density at radius 2 is 2.40 bits per heavy atom. The number of halogens is 1. The topological polar surface area (TPSA) is 121 Å². The Labute approximate surface area is 124 Å². The molecule has 0 saturated carbocycles. The van der Waals surface area contributed by atoms with Gasteiger partial charge in [0.1, 0.15) is 4.90 Å². The Morgan fingerprint density at radius 1 is 1.65 bits per heavy atom. The molecule has 1 aliphatic rings. The number of morpholine rings is 1. The largest absolute Gasteiger partial charge is 0.361 e. The molecule has 2 rings (SSSR count). The number of hydrogen-bond donors (Lipinski definition) is 2. The van der Waals surface area contributed by atoms with E-state index in [9.17, 15) is 8.42 Å². The molecule has 1 atom stereocenters. The summed E-state index contributed by atoms with van der Waals surface area (Å²) in [6, 6.07) is 3.31. The molecule has 1 aromatic heterocycles. The van der Waals surface area contributed by atoms with Crippen LogP contribution in [-0.2, 0) is 14.8 Å². The highest BCUT2D eigenvalue weighted by molar-refractivity contribution is 9.10. The minimum Gasteiger partial charge on any atom is -0.361 e. The number of nitrogens with zero attached hydrogens (tertiary/aromatic N) is 3. The van der Waals surface area contributed by atoms with E-state index in [1.807, 2.05) is 6.07 Å². The molecule has 1 saturated heterocycles. The molecule has 0 radical (unpaired) electrons. The number of nitriles is 1. The molecule has 3 N–H and O–H groups in total. The number of nitrogens with one attached hydrogen (secondary N) is 1. The quantitative estimate of drug-likeness (QED) is 0.575. The van der Waals surface area contributed by atoms with Gasteiger partial charge in [-0.2, -0.15) is 9.57 Å². The van der Waals surface area contributed by atoms with Crippen molar-refractivity contribution < 1.29 is 13.2 Å². The summed E-state index contributed by atoms with van der Waals surface area (Å²) in [7, 11) is -3.80. The molecule has 20 heavy (non-hydrogen) atoms. The fourth-order valence-corrected chi connectivity index (χ4v) is 3.83. The maximum absolute atomic E-state index is 12.6. The zero-order valence-electron chi connectivity index (χ0n) is 10.3. The van der Waals surface area contributed by atoms with Gasteiger partial charge >= 0.3 is 0 Å². The number of sulfonamides is 1. The molecule has 1 aromatic rings. The summed E-state index contributed by atoms with van der Waals surface area (Å²) in [5, 5.41) is 8.84. The van der Waals surface area contributed by atoms with Crippen LogP contribution in [0.25, 0.3) is 0 Å². The third-order valence-corrected chi connectivity index (χ3v) is 5.06. The zero-order chi connectivity index (χ0) is 14.8. The Hall–Kier alpha value is -1.25. The van der Waals surface area contributed by atoms with Crippen LogP contribution in [0, 0.1) is 11.3 Å². The third-order valence-electron chi connectivity index (χ3n) is 2.75. The maximum Gasteiger partial charge on any atom is 0.247 e. The molecule has 0 aliphatic carbocycles. The van der Waals surface area contributed by atoms with Crippen molar-refractivity contribution in [3.63, 3.8) is 0 Å². The standard InChI is InChI=1S/C10H12BrN5O3S/c11-7-3-9(10(15-13)14-5-7)20(17,18)16-1-2-19-8(4-12)6-16/h3,5,8H,1-2,6,13H2,(H,14,15). The van der Waals surface area contributed by atoms with Gasteiger partial charge in [-0.05, 0) is 22.0 Å². The lowest BCUT2D eigenvalue weighted by Crippen LogP contribution is -2.45. The second-order valence-corrected chi connectivity index (χ2v) is 6.82. The number of aromatic nitrogens is 1. The molecule has 1 unspecified atom stereocenters. The fraction of sp³-hybridized carbons (Fsp3) is 0.400. The summed E-state index contributed by atoms with van der Waals surface area (Å²) in [6.45, 7) is 0.330. The monoisotopic (exact) mass is 361 g/mol. The van der Waals surface area contributed by atoms with Crippen LogP contribution in [-0.4, -0.2) is 43.5 Å². The van der Waals surface area contributed by atoms with E-state index in [-0.39, 0.29) is 30.4 Å². The Kier molecular flexibility index (Phi) is 4.56. The van der Waals surface area contributed by atoms with Crippen molar-refractivity contribution >= 4 is 31.8 Å². The van der Waals surface area contributed by atoms with Crippen LogP contribution in [0.15, 0.2) is 21.6 Å². The first kappa shape index (κ1) is 15.1. The minimum absolute atomic E-state index is 0.0185. The first-order valence-corrected chi connectivity index (χ1v) is 7.86. The highest BCUT2D eigenvalue weighted by Gasteiger charge is 2.33. The van der Waals surface area contributed by atoms with Crippen LogP contribution in [0.4, 0.5) is 5.82 Å². The van der Waals surface area contributed by atoms with Crippen LogP contribution in [0.1, 0.15) is 0 Å². The van der Waals surface area contributed by atoms with Crippen LogP contribution in [0.3, 0.4) is 0 Å². The first-order valence-electron chi connectivity index (χ1n) is 5.62. The van der Waals surface area contributed by atoms with Gasteiger partial charge in [-0.25, -0.2) is 19.2 Å². The number of ether oxygens (including phenoxy) is 1. The van der Waals surface area contributed by atoms with E-state index in [4.69, 9.17) is 15.8 Å². The molecule has 8 nitrogen and oxygen atoms in total. The van der Waals surface area contributed by atoms with E-state index in [1.165, 1.54) is 16.6 Å². The van der Waals surface area contributed by atoms with Crippen LogP contribution < -0.4 is 11.3 Å². The fourth-order valence-electron chi connectivity index (χ4n) is 1.79. The van der Waals surface area contributed by atoms with E-state index < -0.39 is 16.1 Å². The van der Waals surface area contributed by atoms with Crippen LogP contribution >= 0.6 is 15.9 Å². The lowest BCUT2D eigenvalue weighted by molar-refractivity contribution is 0.0311. The van der Waals surface area contributed by atoms with Gasteiger partial charge in [-0.1, -0.05) is 0 Å². The van der Waals surface area contributed by atoms with Crippen molar-refractivity contribution in [2.45, 2.75) is 11.0 Å². The Bertz CT molecular complexity index is 645. The van der Waals surface area contributed by atoms with E-state index in [0.29, 0.717) is 4.47 Å². The molecule has 0 bridgehead atoms. The molecule has 10 heteroatoms. The molecular formula is C10H12BrN5O3S. The highest BCUT2D eigenvalue weighted by Crippen LogP contribution is 2.26. The lowest BCUT2D eigenvalue weighted by Gasteiger charge is -2.29. The smallest absolute Gasteiger partial charge is 0.247 e. The highest BCUT2D eigenvalue weighted by atomic mass is 79.9. The van der Waals surface area contributed by atoms with Gasteiger partial charge in [-0.3, -0.25) is 0 Å². The molecule has 0 amide bonds. The van der Waals surface area contributed by atoms with Crippen LogP contribution in [0.2, 0.25) is 0 Å². The van der Waals surface area contributed by atoms with Crippen molar-refractivity contribution in [1.29, 1.82) is 5.26 Å². The van der Waals surface area contributed by atoms with E-state index in [1.54, 1.807) is 0 Å². The van der Waals surface area contributed by atoms with E-state index >= 15 is 0 Å². The number of pyridine rings is 1. The maximum atomic E-state index is 12.6. The van der Waals surface area contributed by atoms with Gasteiger partial charge in [0.15, 0.2) is 11.9 Å². The van der Waals surface area contributed by atoms with Crippen LogP contribution in [0.5, 0.6) is 0 Å². The number of nitrogens with two attached hydrogens (primary N) is 1. The zero-order valence-corrected chi connectivity index (χ0v) is 12.7. The summed E-state index contributed by atoms with van der Waals surface area (Å²) in [4.78, 5) is 3.86. The number of nitrogen functional groups attached to an aromatic ring is 1. The van der Waals surface area contributed by atoms with Crippen molar-refractivity contribution in [1.82, 2.24) is 9.29 Å². The van der Waals surface area contributed by atoms with E-state index in [2.05, 4.69) is 26.3 Å². The SMILES string of the molecule is N#CC1CN(S(=O)(=O)c2cc(Br)cnc2NN)CCO1. The normalized spacial score (nSPS) is 20.4. The molecule has 0 aromatic carbocycles. The molecule has 108 valence electrons. The molecule has 0 spiro atoms. The third kappa shape index (κ3) is 2.92. The van der Waals surface area contributed by atoms with Crippen molar-refractivity contribution in [3.8, 4) is 6.07 Å². The van der Waals surface area contributed by atoms with Crippen molar-refractivity contribution in [2.24, 2.45) is 5.84 Å². The van der Waals surface area contributed by atoms with Gasteiger partial charge in [0.2, 0.25) is 10.0 Å². The molecule has 2 heterocycles. The summed E-state index contributed by atoms with van der Waals surface area (Å²) in [5.74, 6) is 5.34. The van der Waals surface area contributed by atoms with Crippen molar-refractivity contribution in [2.75, 3.05) is 25.1 Å². The summed E-state index contributed by atoms with van der Waals surface area (Å²) in [6.07, 6.45) is 0.666. The average molecular weight is 362 g/mol. The Balaban J connectivity index is 2.40. The molecule has 1 fully saturated rings. The second kappa shape index (κ2) is 6.02. The number of rotatable bonds is 3. The Morgan fingerprint density at radius 3 is 3.05 bits per heavy atom. The van der Waals surface area contributed by atoms with Gasteiger partial charge in [-0.15, -0.1) is 0 Å².